The molecule has 0 aliphatic heterocycles. The van der Waals surface area contributed by atoms with Crippen LogP contribution in [0.3, 0.4) is 0 Å². The molecule has 0 unspecified atom stereocenters. The van der Waals surface area contributed by atoms with E-state index in [9.17, 15) is 13.2 Å². The van der Waals surface area contributed by atoms with Gasteiger partial charge in [0.2, 0.25) is 0 Å². The zero-order chi connectivity index (χ0) is 14.2. The molecule has 1 aliphatic rings. The lowest BCUT2D eigenvalue weighted by atomic mass is 10.1. The summed E-state index contributed by atoms with van der Waals surface area (Å²) in [6.45, 7) is -1.08. The summed E-state index contributed by atoms with van der Waals surface area (Å²) in [7, 11) is 1.35. The topological polar surface area (TPSA) is 42.2 Å². The first kappa shape index (κ1) is 14.0. The summed E-state index contributed by atoms with van der Waals surface area (Å²) in [5, 5.41) is 0. The Balaban J connectivity index is 2.40. The molecule has 0 saturated carbocycles. The van der Waals surface area contributed by atoms with E-state index in [0.717, 1.165) is 35.4 Å². The van der Waals surface area contributed by atoms with Crippen molar-refractivity contribution in [3.05, 3.63) is 22.9 Å². The Labute approximate surface area is 114 Å². The normalized spacial score (nSPS) is 14.3. The van der Waals surface area contributed by atoms with Gasteiger partial charge in [-0.25, -0.2) is 4.98 Å². The molecular weight excluding hydrogens is 275 g/mol. The van der Waals surface area contributed by atoms with Crippen molar-refractivity contribution in [2.24, 2.45) is 5.73 Å². The second-order valence-corrected chi connectivity index (χ2v) is 5.09. The van der Waals surface area contributed by atoms with Crippen LogP contribution in [0.2, 0.25) is 0 Å². The molecular formula is C12H14F3N3S. The number of thiocarbonyl (C=S) groups is 1. The number of anilines is 1. The Kier molecular flexibility index (Phi) is 3.66. The number of aryl methyl sites for hydroxylation is 2. The number of fused-ring (bicyclic) bond motifs is 1. The van der Waals surface area contributed by atoms with Crippen molar-refractivity contribution in [1.29, 1.82) is 0 Å². The summed E-state index contributed by atoms with van der Waals surface area (Å²) in [6, 6.07) is 1.78. The zero-order valence-electron chi connectivity index (χ0n) is 10.4. The van der Waals surface area contributed by atoms with Crippen molar-refractivity contribution in [3.8, 4) is 0 Å². The number of hydrogen-bond donors (Lipinski definition) is 1. The second-order valence-electron chi connectivity index (χ2n) is 4.65. The third-order valence-corrected chi connectivity index (χ3v) is 3.29. The third kappa shape index (κ3) is 3.15. The molecule has 1 aromatic rings. The Hall–Kier alpha value is -1.37. The van der Waals surface area contributed by atoms with E-state index in [-0.39, 0.29) is 10.8 Å². The van der Waals surface area contributed by atoms with Gasteiger partial charge < -0.3 is 10.6 Å². The van der Waals surface area contributed by atoms with Crippen LogP contribution in [-0.4, -0.2) is 29.7 Å². The second kappa shape index (κ2) is 4.96. The lowest BCUT2D eigenvalue weighted by molar-refractivity contribution is -0.119. The maximum Gasteiger partial charge on any atom is 0.405 e. The van der Waals surface area contributed by atoms with E-state index < -0.39 is 12.7 Å². The first-order valence-corrected chi connectivity index (χ1v) is 6.29. The molecule has 0 bridgehead atoms. The van der Waals surface area contributed by atoms with Crippen LogP contribution in [0.5, 0.6) is 0 Å². The quantitative estimate of drug-likeness (QED) is 0.866. The number of nitrogens with zero attached hydrogens (tertiary/aromatic N) is 2. The lowest BCUT2D eigenvalue weighted by Gasteiger charge is -2.23. The maximum atomic E-state index is 12.5. The van der Waals surface area contributed by atoms with E-state index in [2.05, 4.69) is 4.98 Å². The Morgan fingerprint density at radius 1 is 1.47 bits per heavy atom. The van der Waals surface area contributed by atoms with E-state index in [0.29, 0.717) is 5.56 Å². The van der Waals surface area contributed by atoms with Crippen LogP contribution < -0.4 is 10.6 Å². The summed E-state index contributed by atoms with van der Waals surface area (Å²) >= 11 is 4.91. The highest BCUT2D eigenvalue weighted by Gasteiger charge is 2.31. The predicted molar refractivity (Wildman–Crippen MR) is 71.5 cm³/mol. The van der Waals surface area contributed by atoms with Crippen molar-refractivity contribution in [2.45, 2.75) is 25.4 Å². The minimum absolute atomic E-state index is 0.0752. The molecule has 1 aliphatic carbocycles. The summed E-state index contributed by atoms with van der Waals surface area (Å²) in [4.78, 5) is 5.44. The van der Waals surface area contributed by atoms with Crippen LogP contribution >= 0.6 is 12.2 Å². The average Bonchev–Trinajstić information content (AvgIpc) is 2.71. The highest BCUT2D eigenvalue weighted by atomic mass is 32.1. The first-order chi connectivity index (χ1) is 8.78. The molecule has 0 atom stereocenters. The molecule has 3 nitrogen and oxygen atoms in total. The highest BCUT2D eigenvalue weighted by Crippen LogP contribution is 2.28. The van der Waals surface area contributed by atoms with E-state index in [1.165, 1.54) is 7.05 Å². The van der Waals surface area contributed by atoms with Crippen molar-refractivity contribution in [1.82, 2.24) is 4.98 Å². The van der Waals surface area contributed by atoms with E-state index >= 15 is 0 Å². The molecule has 0 aromatic carbocycles. The van der Waals surface area contributed by atoms with Crippen LogP contribution in [0.15, 0.2) is 6.07 Å². The van der Waals surface area contributed by atoms with Gasteiger partial charge in [0.25, 0.3) is 0 Å². The van der Waals surface area contributed by atoms with Gasteiger partial charge in [0, 0.05) is 12.7 Å². The summed E-state index contributed by atoms with van der Waals surface area (Å²) < 4.78 is 37.4. The van der Waals surface area contributed by atoms with Crippen LogP contribution in [0.4, 0.5) is 19.0 Å². The summed E-state index contributed by atoms with van der Waals surface area (Å²) in [5.41, 5.74) is 7.90. The fourth-order valence-corrected chi connectivity index (χ4v) is 2.43. The van der Waals surface area contributed by atoms with Gasteiger partial charge in [0.1, 0.15) is 17.4 Å². The monoisotopic (exact) mass is 289 g/mol. The number of nitrogens with two attached hydrogens (primary N) is 1. The molecule has 0 spiro atoms. The van der Waals surface area contributed by atoms with Gasteiger partial charge in [-0.1, -0.05) is 12.2 Å². The van der Waals surface area contributed by atoms with E-state index in [4.69, 9.17) is 18.0 Å². The molecule has 2 rings (SSSR count). The fraction of sp³-hybridized carbons (Fsp3) is 0.500. The molecule has 0 fully saturated rings. The summed E-state index contributed by atoms with van der Waals surface area (Å²) in [5.74, 6) is 0.213. The molecule has 0 saturated heterocycles. The Morgan fingerprint density at radius 2 is 2.16 bits per heavy atom. The average molecular weight is 289 g/mol. The third-order valence-electron chi connectivity index (χ3n) is 3.07. The van der Waals surface area contributed by atoms with Crippen LogP contribution in [0.1, 0.15) is 23.2 Å². The molecule has 1 heterocycles. The number of alkyl halides is 3. The molecule has 2 N–H and O–H groups in total. The van der Waals surface area contributed by atoms with Crippen molar-refractivity contribution < 1.29 is 13.2 Å². The molecule has 104 valence electrons. The molecule has 0 amide bonds. The van der Waals surface area contributed by atoms with E-state index in [1.807, 2.05) is 0 Å². The highest BCUT2D eigenvalue weighted by molar-refractivity contribution is 7.80. The fourth-order valence-electron chi connectivity index (χ4n) is 2.28. The van der Waals surface area contributed by atoms with E-state index in [1.54, 1.807) is 6.07 Å². The number of aromatic nitrogens is 1. The smallest absolute Gasteiger partial charge is 0.389 e. The van der Waals surface area contributed by atoms with Crippen LogP contribution in [0, 0.1) is 0 Å². The summed E-state index contributed by atoms with van der Waals surface area (Å²) in [6.07, 6.45) is -1.66. The first-order valence-electron chi connectivity index (χ1n) is 5.88. The molecule has 7 heteroatoms. The van der Waals surface area contributed by atoms with Gasteiger partial charge in [-0.2, -0.15) is 13.2 Å². The Bertz CT molecular complexity index is 514. The number of rotatable bonds is 3. The number of hydrogen-bond acceptors (Lipinski definition) is 3. The maximum absolute atomic E-state index is 12.5. The minimum Gasteiger partial charge on any atom is -0.389 e. The van der Waals surface area contributed by atoms with Gasteiger partial charge in [-0.05, 0) is 30.9 Å². The molecule has 0 radical (unpaired) electrons. The molecule has 1 aromatic heterocycles. The molecule has 19 heavy (non-hydrogen) atoms. The van der Waals surface area contributed by atoms with Crippen LogP contribution in [-0.2, 0) is 12.8 Å². The largest absolute Gasteiger partial charge is 0.405 e. The van der Waals surface area contributed by atoms with Gasteiger partial charge in [0.05, 0.1) is 5.56 Å². The number of pyridine rings is 1. The number of halogens is 3. The van der Waals surface area contributed by atoms with Crippen molar-refractivity contribution in [3.63, 3.8) is 0 Å². The zero-order valence-corrected chi connectivity index (χ0v) is 11.2. The predicted octanol–water partition coefficient (Wildman–Crippen LogP) is 2.20. The van der Waals surface area contributed by atoms with Crippen molar-refractivity contribution in [2.75, 3.05) is 18.5 Å². The standard InChI is InChI=1S/C12H14F3N3S/c1-18(6-12(13,14)15)11-8(10(16)19)5-7-3-2-4-9(7)17-11/h5H,2-4,6H2,1H3,(H2,16,19). The van der Waals surface area contributed by atoms with Gasteiger partial charge >= 0.3 is 6.18 Å². The lowest BCUT2D eigenvalue weighted by Crippen LogP contribution is -2.33. The van der Waals surface area contributed by atoms with Crippen LogP contribution in [0.25, 0.3) is 0 Å². The van der Waals surface area contributed by atoms with Gasteiger partial charge in [-0.3, -0.25) is 0 Å². The van der Waals surface area contributed by atoms with Gasteiger partial charge in [0.15, 0.2) is 0 Å². The Morgan fingerprint density at radius 3 is 2.74 bits per heavy atom. The van der Waals surface area contributed by atoms with Crippen molar-refractivity contribution >= 4 is 23.0 Å². The van der Waals surface area contributed by atoms with Gasteiger partial charge in [-0.15, -0.1) is 0 Å². The minimum atomic E-state index is -4.29. The SMILES string of the molecule is CN(CC(F)(F)F)c1nc2c(cc1C(N)=S)CCC2.